The van der Waals surface area contributed by atoms with Crippen molar-refractivity contribution >= 4 is 11.6 Å². The number of carbonyl (C=O) groups excluding carboxylic acids is 1. The van der Waals surface area contributed by atoms with Crippen LogP contribution in [0.2, 0.25) is 0 Å². The van der Waals surface area contributed by atoms with E-state index in [0.29, 0.717) is 6.04 Å². The lowest BCUT2D eigenvalue weighted by Crippen LogP contribution is -2.52. The molecule has 24 heavy (non-hydrogen) atoms. The first kappa shape index (κ1) is 15.4. The molecule has 0 unspecified atom stereocenters. The van der Waals surface area contributed by atoms with Crippen molar-refractivity contribution in [2.45, 2.75) is 31.4 Å². The predicted octanol–water partition coefficient (Wildman–Crippen LogP) is 2.17. The second kappa shape index (κ2) is 6.75. The highest BCUT2D eigenvalue weighted by Gasteiger charge is 2.36. The summed E-state index contributed by atoms with van der Waals surface area (Å²) < 4.78 is 5.78. The molecular formula is C18H22N4O2. The van der Waals surface area contributed by atoms with E-state index in [1.165, 1.54) is 0 Å². The maximum Gasteiger partial charge on any atom is 0.227 e. The van der Waals surface area contributed by atoms with Crippen molar-refractivity contribution in [3.63, 3.8) is 0 Å². The van der Waals surface area contributed by atoms with E-state index in [1.807, 2.05) is 30.3 Å². The molecule has 2 aliphatic rings. The van der Waals surface area contributed by atoms with Crippen molar-refractivity contribution in [3.8, 4) is 11.3 Å². The van der Waals surface area contributed by atoms with Crippen LogP contribution in [-0.4, -0.2) is 41.4 Å². The van der Waals surface area contributed by atoms with Crippen molar-refractivity contribution in [1.82, 2.24) is 15.5 Å². The number of hydrogen-bond donors (Lipinski definition) is 3. The number of hydrogen-bond acceptors (Lipinski definition) is 4. The Morgan fingerprint density at radius 1 is 1.25 bits per heavy atom. The highest BCUT2D eigenvalue weighted by Crippen LogP contribution is 2.31. The fourth-order valence-electron chi connectivity index (χ4n) is 3.69. The Morgan fingerprint density at radius 2 is 2.12 bits per heavy atom. The largest absolute Gasteiger partial charge is 0.375 e. The van der Waals surface area contributed by atoms with Gasteiger partial charge in [0, 0.05) is 24.1 Å². The van der Waals surface area contributed by atoms with Crippen molar-refractivity contribution in [2.75, 3.05) is 18.5 Å². The molecular weight excluding hydrogens is 304 g/mol. The molecule has 3 atom stereocenters. The minimum Gasteiger partial charge on any atom is -0.375 e. The predicted molar refractivity (Wildman–Crippen MR) is 91.5 cm³/mol. The first-order valence-corrected chi connectivity index (χ1v) is 8.56. The summed E-state index contributed by atoms with van der Waals surface area (Å²) in [7, 11) is 0. The van der Waals surface area contributed by atoms with Gasteiger partial charge in [-0.25, -0.2) is 0 Å². The third-order valence-corrected chi connectivity index (χ3v) is 4.96. The fraction of sp³-hybridized carbons (Fsp3) is 0.444. The number of H-pyrrole nitrogens is 1. The summed E-state index contributed by atoms with van der Waals surface area (Å²) in [5.41, 5.74) is 2.59. The lowest BCUT2D eigenvalue weighted by atomic mass is 9.82. The third kappa shape index (κ3) is 3.07. The van der Waals surface area contributed by atoms with Gasteiger partial charge in [0.2, 0.25) is 5.91 Å². The van der Waals surface area contributed by atoms with Gasteiger partial charge in [-0.3, -0.25) is 9.89 Å². The topological polar surface area (TPSA) is 79.0 Å². The number of anilines is 1. The van der Waals surface area contributed by atoms with Crippen LogP contribution in [-0.2, 0) is 9.53 Å². The molecule has 2 heterocycles. The van der Waals surface area contributed by atoms with Gasteiger partial charge in [-0.2, -0.15) is 5.10 Å². The Labute approximate surface area is 141 Å². The Bertz CT molecular complexity index is 700. The third-order valence-electron chi connectivity index (χ3n) is 4.96. The second-order valence-corrected chi connectivity index (χ2v) is 6.49. The number of aromatic amines is 1. The SMILES string of the molecule is O=C(Nc1cn[nH]c1-c1ccccc1)[C@H]1CC[C@H]2OCCN[C@@H]2C1. The lowest BCUT2D eigenvalue weighted by Gasteiger charge is -2.39. The molecule has 4 rings (SSSR count). The molecule has 6 nitrogen and oxygen atoms in total. The minimum atomic E-state index is 0.0129. The van der Waals surface area contributed by atoms with Crippen LogP contribution in [0.5, 0.6) is 0 Å². The van der Waals surface area contributed by atoms with Gasteiger partial charge in [-0.05, 0) is 19.3 Å². The van der Waals surface area contributed by atoms with Crippen molar-refractivity contribution in [2.24, 2.45) is 5.92 Å². The summed E-state index contributed by atoms with van der Waals surface area (Å²) in [6.07, 6.45) is 4.57. The van der Waals surface area contributed by atoms with E-state index in [-0.39, 0.29) is 17.9 Å². The van der Waals surface area contributed by atoms with Crippen LogP contribution in [0, 0.1) is 5.92 Å². The van der Waals surface area contributed by atoms with E-state index in [0.717, 1.165) is 49.4 Å². The van der Waals surface area contributed by atoms with Crippen molar-refractivity contribution in [3.05, 3.63) is 36.5 Å². The van der Waals surface area contributed by atoms with Crippen LogP contribution in [0.3, 0.4) is 0 Å². The molecule has 126 valence electrons. The summed E-state index contributed by atoms with van der Waals surface area (Å²) in [5.74, 6) is 0.0818. The molecule has 1 aliphatic carbocycles. The van der Waals surface area contributed by atoms with Gasteiger partial charge in [0.05, 0.1) is 30.3 Å². The highest BCUT2D eigenvalue weighted by molar-refractivity contribution is 5.95. The Balaban J connectivity index is 1.45. The number of nitrogens with zero attached hydrogens (tertiary/aromatic N) is 1. The van der Waals surface area contributed by atoms with Crippen LogP contribution in [0.4, 0.5) is 5.69 Å². The van der Waals surface area contributed by atoms with E-state index in [4.69, 9.17) is 4.74 Å². The van der Waals surface area contributed by atoms with E-state index in [1.54, 1.807) is 6.20 Å². The van der Waals surface area contributed by atoms with Crippen molar-refractivity contribution in [1.29, 1.82) is 0 Å². The zero-order valence-corrected chi connectivity index (χ0v) is 13.5. The fourth-order valence-corrected chi connectivity index (χ4v) is 3.69. The minimum absolute atomic E-state index is 0.0129. The molecule has 2 aromatic rings. The van der Waals surface area contributed by atoms with Gasteiger partial charge >= 0.3 is 0 Å². The molecule has 1 amide bonds. The number of carbonyl (C=O) groups is 1. The summed E-state index contributed by atoms with van der Waals surface area (Å²) in [4.78, 5) is 12.7. The van der Waals surface area contributed by atoms with Gasteiger partial charge in [0.1, 0.15) is 0 Å². The van der Waals surface area contributed by atoms with Crippen LogP contribution < -0.4 is 10.6 Å². The number of ether oxygens (including phenoxy) is 1. The first-order valence-electron chi connectivity index (χ1n) is 8.56. The van der Waals surface area contributed by atoms with Gasteiger partial charge < -0.3 is 15.4 Å². The monoisotopic (exact) mass is 326 g/mol. The average molecular weight is 326 g/mol. The average Bonchev–Trinajstić information content (AvgIpc) is 3.10. The number of fused-ring (bicyclic) bond motifs is 1. The Kier molecular flexibility index (Phi) is 4.32. The zero-order chi connectivity index (χ0) is 16.4. The van der Waals surface area contributed by atoms with Gasteiger partial charge in [0.15, 0.2) is 0 Å². The number of amides is 1. The maximum absolute atomic E-state index is 12.7. The quantitative estimate of drug-likeness (QED) is 0.808. The molecule has 1 aliphatic heterocycles. The molecule has 0 bridgehead atoms. The lowest BCUT2D eigenvalue weighted by molar-refractivity contribution is -0.123. The molecule has 1 saturated heterocycles. The van der Waals surface area contributed by atoms with Crippen LogP contribution in [0.15, 0.2) is 36.5 Å². The standard InChI is InChI=1S/C18H22N4O2/c23-18(13-6-7-16-14(10-13)19-8-9-24-16)21-15-11-20-22-17(15)12-4-2-1-3-5-12/h1-5,11,13-14,16,19H,6-10H2,(H,20,22)(H,21,23)/t13-,14+,16+/m0/s1. The molecule has 0 spiro atoms. The van der Waals surface area contributed by atoms with E-state index < -0.39 is 0 Å². The summed E-state index contributed by atoms with van der Waals surface area (Å²) in [6.45, 7) is 1.64. The van der Waals surface area contributed by atoms with E-state index in [2.05, 4.69) is 20.8 Å². The maximum atomic E-state index is 12.7. The van der Waals surface area contributed by atoms with E-state index >= 15 is 0 Å². The smallest absolute Gasteiger partial charge is 0.227 e. The van der Waals surface area contributed by atoms with E-state index in [9.17, 15) is 4.79 Å². The van der Waals surface area contributed by atoms with Gasteiger partial charge in [-0.15, -0.1) is 0 Å². The number of benzene rings is 1. The molecule has 1 saturated carbocycles. The van der Waals surface area contributed by atoms with Gasteiger partial charge in [-0.1, -0.05) is 30.3 Å². The van der Waals surface area contributed by atoms with Crippen LogP contribution in [0.25, 0.3) is 11.3 Å². The summed E-state index contributed by atoms with van der Waals surface area (Å²) in [6, 6.07) is 10.2. The molecule has 2 fully saturated rings. The van der Waals surface area contributed by atoms with Crippen LogP contribution in [0.1, 0.15) is 19.3 Å². The normalized spacial score (nSPS) is 26.6. The Morgan fingerprint density at radius 3 is 3.00 bits per heavy atom. The van der Waals surface area contributed by atoms with Crippen molar-refractivity contribution < 1.29 is 9.53 Å². The first-order chi connectivity index (χ1) is 11.8. The Hall–Kier alpha value is -2.18. The number of rotatable bonds is 3. The molecule has 0 radical (unpaired) electrons. The van der Waals surface area contributed by atoms with Crippen LogP contribution >= 0.6 is 0 Å². The molecule has 6 heteroatoms. The summed E-state index contributed by atoms with van der Waals surface area (Å²) in [5, 5.41) is 13.6. The number of aromatic nitrogens is 2. The second-order valence-electron chi connectivity index (χ2n) is 6.49. The number of nitrogens with one attached hydrogen (secondary N) is 3. The highest BCUT2D eigenvalue weighted by atomic mass is 16.5. The van der Waals surface area contributed by atoms with Gasteiger partial charge in [0.25, 0.3) is 0 Å². The zero-order valence-electron chi connectivity index (χ0n) is 13.5. The summed E-state index contributed by atoms with van der Waals surface area (Å²) >= 11 is 0. The number of morpholine rings is 1. The molecule has 1 aromatic carbocycles. The molecule has 3 N–H and O–H groups in total. The molecule has 1 aromatic heterocycles.